The molecule has 1 fully saturated rings. The van der Waals surface area contributed by atoms with Gasteiger partial charge in [-0.1, -0.05) is 6.07 Å². The second-order valence-corrected chi connectivity index (χ2v) is 4.64. The minimum absolute atomic E-state index is 0.0365. The van der Waals surface area contributed by atoms with Crippen molar-refractivity contribution < 1.29 is 9.84 Å². The number of hydrogen-bond acceptors (Lipinski definition) is 2. The molecule has 2 rings (SSSR count). The third kappa shape index (κ3) is 1.55. The minimum atomic E-state index is 0.0365. The summed E-state index contributed by atoms with van der Waals surface area (Å²) >= 11 is 3.45. The van der Waals surface area contributed by atoms with Gasteiger partial charge in [0.15, 0.2) is 0 Å². The maximum atomic E-state index is 9.28. The molecule has 3 heteroatoms. The van der Waals surface area contributed by atoms with E-state index in [1.165, 1.54) is 5.56 Å². The number of halogens is 1. The van der Waals surface area contributed by atoms with Crippen molar-refractivity contribution in [1.29, 1.82) is 0 Å². The molecule has 0 unspecified atom stereocenters. The van der Waals surface area contributed by atoms with Crippen LogP contribution in [0.25, 0.3) is 0 Å². The highest BCUT2D eigenvalue weighted by Crippen LogP contribution is 2.48. The largest absolute Gasteiger partial charge is 0.496 e. The number of hydrogen-bond donors (Lipinski definition) is 1. The zero-order valence-corrected chi connectivity index (χ0v) is 9.67. The van der Waals surface area contributed by atoms with Gasteiger partial charge in [0.1, 0.15) is 5.75 Å². The van der Waals surface area contributed by atoms with E-state index in [-0.39, 0.29) is 12.0 Å². The first-order chi connectivity index (χ1) is 6.72. The number of benzene rings is 1. The molecule has 0 aromatic heterocycles. The van der Waals surface area contributed by atoms with E-state index in [1.54, 1.807) is 7.11 Å². The lowest BCUT2D eigenvalue weighted by atomic mass is 9.97. The van der Waals surface area contributed by atoms with Crippen molar-refractivity contribution in [3.05, 3.63) is 28.2 Å². The fourth-order valence-electron chi connectivity index (χ4n) is 1.69. The summed E-state index contributed by atoms with van der Waals surface area (Å²) in [6.45, 7) is 0.242. The molecule has 1 aromatic rings. The van der Waals surface area contributed by atoms with Crippen LogP contribution in [0.3, 0.4) is 0 Å². The van der Waals surface area contributed by atoms with E-state index in [2.05, 4.69) is 15.9 Å². The lowest BCUT2D eigenvalue weighted by Gasteiger charge is -2.13. The van der Waals surface area contributed by atoms with E-state index >= 15 is 0 Å². The van der Waals surface area contributed by atoms with Crippen LogP contribution < -0.4 is 4.74 Å². The Hall–Kier alpha value is -0.540. The van der Waals surface area contributed by atoms with Crippen LogP contribution in [0, 0.1) is 0 Å². The molecule has 76 valence electrons. The molecular weight excluding hydrogens is 244 g/mol. The highest BCUT2D eigenvalue weighted by Gasteiger charge is 2.43. The maximum absolute atomic E-state index is 9.28. The van der Waals surface area contributed by atoms with Gasteiger partial charge in [-0.15, -0.1) is 0 Å². The number of aliphatic hydroxyl groups is 1. The summed E-state index contributed by atoms with van der Waals surface area (Å²) in [6, 6.07) is 6.02. The van der Waals surface area contributed by atoms with E-state index in [0.29, 0.717) is 0 Å². The van der Waals surface area contributed by atoms with Crippen LogP contribution in [0.5, 0.6) is 5.75 Å². The van der Waals surface area contributed by atoms with Crippen LogP contribution in [-0.2, 0) is 5.41 Å². The van der Waals surface area contributed by atoms with Crippen LogP contribution in [0.4, 0.5) is 0 Å². The van der Waals surface area contributed by atoms with Crippen molar-refractivity contribution in [2.75, 3.05) is 13.7 Å². The second-order valence-electron chi connectivity index (χ2n) is 3.79. The molecule has 0 aliphatic heterocycles. The van der Waals surface area contributed by atoms with Crippen molar-refractivity contribution in [3.8, 4) is 5.75 Å². The zero-order valence-electron chi connectivity index (χ0n) is 8.09. The molecule has 0 atom stereocenters. The van der Waals surface area contributed by atoms with Crippen LogP contribution >= 0.6 is 15.9 Å². The Morgan fingerprint density at radius 1 is 1.50 bits per heavy atom. The number of rotatable bonds is 3. The molecule has 0 spiro atoms. The molecule has 0 radical (unpaired) electrons. The van der Waals surface area contributed by atoms with Crippen LogP contribution in [0.15, 0.2) is 22.7 Å². The molecule has 14 heavy (non-hydrogen) atoms. The molecule has 2 nitrogen and oxygen atoms in total. The second kappa shape index (κ2) is 3.55. The Morgan fingerprint density at radius 3 is 2.64 bits per heavy atom. The van der Waals surface area contributed by atoms with Crippen LogP contribution in [-0.4, -0.2) is 18.8 Å². The lowest BCUT2D eigenvalue weighted by molar-refractivity contribution is 0.255. The molecule has 1 aliphatic rings. The van der Waals surface area contributed by atoms with E-state index in [4.69, 9.17) is 4.74 Å². The molecule has 1 aromatic carbocycles. The van der Waals surface area contributed by atoms with E-state index < -0.39 is 0 Å². The maximum Gasteiger partial charge on any atom is 0.133 e. The summed E-state index contributed by atoms with van der Waals surface area (Å²) in [7, 11) is 1.65. The van der Waals surface area contributed by atoms with Gasteiger partial charge in [0.2, 0.25) is 0 Å². The Morgan fingerprint density at radius 2 is 2.21 bits per heavy atom. The number of methoxy groups -OCH3 is 1. The van der Waals surface area contributed by atoms with Gasteiger partial charge in [-0.25, -0.2) is 0 Å². The summed E-state index contributed by atoms with van der Waals surface area (Å²) in [5, 5.41) is 9.28. The summed E-state index contributed by atoms with van der Waals surface area (Å²) in [6.07, 6.45) is 2.17. The SMILES string of the molecule is COc1ccc(C2(CO)CC2)cc1Br. The monoisotopic (exact) mass is 256 g/mol. The molecule has 1 aliphatic carbocycles. The molecule has 0 amide bonds. The van der Waals surface area contributed by atoms with E-state index in [0.717, 1.165) is 23.1 Å². The summed E-state index contributed by atoms with van der Waals surface area (Å²) in [5.74, 6) is 0.836. The average Bonchev–Trinajstić information content (AvgIpc) is 2.98. The molecule has 0 saturated heterocycles. The van der Waals surface area contributed by atoms with Gasteiger partial charge in [-0.2, -0.15) is 0 Å². The van der Waals surface area contributed by atoms with Crippen molar-refractivity contribution in [2.45, 2.75) is 18.3 Å². The van der Waals surface area contributed by atoms with Gasteiger partial charge >= 0.3 is 0 Å². The standard InChI is InChI=1S/C11H13BrO2/c1-14-10-3-2-8(6-9(10)12)11(7-13)4-5-11/h2-3,6,13H,4-5,7H2,1H3. The Kier molecular flexibility index (Phi) is 2.54. The highest BCUT2D eigenvalue weighted by molar-refractivity contribution is 9.10. The van der Waals surface area contributed by atoms with Gasteiger partial charge in [0.05, 0.1) is 18.2 Å². The summed E-state index contributed by atoms with van der Waals surface area (Å²) < 4.78 is 6.11. The fraction of sp³-hybridized carbons (Fsp3) is 0.455. The first-order valence-corrected chi connectivity index (χ1v) is 5.46. The van der Waals surface area contributed by atoms with E-state index in [1.807, 2.05) is 18.2 Å². The van der Waals surface area contributed by atoms with Crippen molar-refractivity contribution >= 4 is 15.9 Å². The quantitative estimate of drug-likeness (QED) is 0.901. The van der Waals surface area contributed by atoms with E-state index in [9.17, 15) is 5.11 Å². The summed E-state index contributed by atoms with van der Waals surface area (Å²) in [4.78, 5) is 0. The fourth-order valence-corrected chi connectivity index (χ4v) is 2.23. The predicted molar refractivity (Wildman–Crippen MR) is 58.7 cm³/mol. The summed E-state index contributed by atoms with van der Waals surface area (Å²) in [5.41, 5.74) is 1.24. The molecule has 1 saturated carbocycles. The smallest absolute Gasteiger partial charge is 0.133 e. The van der Waals surface area contributed by atoms with Crippen LogP contribution in [0.2, 0.25) is 0 Å². The Balaban J connectivity index is 2.33. The average molecular weight is 257 g/mol. The van der Waals surface area contributed by atoms with Crippen LogP contribution in [0.1, 0.15) is 18.4 Å². The number of aliphatic hydroxyl groups excluding tert-OH is 1. The molecular formula is C11H13BrO2. The van der Waals surface area contributed by atoms with Gasteiger partial charge in [-0.05, 0) is 46.5 Å². The topological polar surface area (TPSA) is 29.5 Å². The first kappa shape index (κ1) is 9.99. The third-order valence-electron chi connectivity index (χ3n) is 2.92. The zero-order chi connectivity index (χ0) is 10.2. The predicted octanol–water partition coefficient (Wildman–Crippen LogP) is 2.48. The lowest BCUT2D eigenvalue weighted by Crippen LogP contribution is -2.11. The Labute approximate surface area is 92.0 Å². The van der Waals surface area contributed by atoms with Gasteiger partial charge in [-0.3, -0.25) is 0 Å². The van der Waals surface area contributed by atoms with Gasteiger partial charge < -0.3 is 9.84 Å². The highest BCUT2D eigenvalue weighted by atomic mass is 79.9. The molecule has 0 heterocycles. The first-order valence-electron chi connectivity index (χ1n) is 4.67. The number of ether oxygens (including phenoxy) is 1. The van der Waals surface area contributed by atoms with Crippen molar-refractivity contribution in [1.82, 2.24) is 0 Å². The van der Waals surface area contributed by atoms with Gasteiger partial charge in [0.25, 0.3) is 0 Å². The van der Waals surface area contributed by atoms with Crippen molar-refractivity contribution in [3.63, 3.8) is 0 Å². The van der Waals surface area contributed by atoms with Crippen molar-refractivity contribution in [2.24, 2.45) is 0 Å². The molecule has 1 N–H and O–H groups in total. The van der Waals surface area contributed by atoms with Gasteiger partial charge in [0, 0.05) is 5.41 Å². The Bertz CT molecular complexity index is 345. The molecule has 0 bridgehead atoms. The third-order valence-corrected chi connectivity index (χ3v) is 3.54. The normalized spacial score (nSPS) is 17.9. The minimum Gasteiger partial charge on any atom is -0.496 e.